The molecule has 0 radical (unpaired) electrons. The van der Waals surface area contributed by atoms with Gasteiger partial charge in [0.25, 0.3) is 0 Å². The molecule has 2 rings (SSSR count). The molecule has 0 bridgehead atoms. The maximum absolute atomic E-state index is 12.1. The van der Waals surface area contributed by atoms with Gasteiger partial charge in [0.05, 0.1) is 12.3 Å². The summed E-state index contributed by atoms with van der Waals surface area (Å²) in [7, 11) is 3.06. The molecule has 0 saturated carbocycles. The molecule has 0 fully saturated rings. The number of hydrogen-bond donors (Lipinski definition) is 1. The first kappa shape index (κ1) is 19.6. The van der Waals surface area contributed by atoms with Gasteiger partial charge in [0, 0.05) is 20.3 Å². The number of anilines is 1. The van der Waals surface area contributed by atoms with Gasteiger partial charge in [0.2, 0.25) is 0 Å². The van der Waals surface area contributed by atoms with Gasteiger partial charge in [-0.2, -0.15) is 0 Å². The van der Waals surface area contributed by atoms with E-state index >= 15 is 0 Å². The molecular weight excluding hydrogens is 338 g/mol. The molecule has 0 atom stereocenters. The van der Waals surface area contributed by atoms with Crippen molar-refractivity contribution in [1.29, 1.82) is 0 Å². The predicted molar refractivity (Wildman–Crippen MR) is 97.0 cm³/mol. The highest BCUT2D eigenvalue weighted by Crippen LogP contribution is 2.25. The Bertz CT molecular complexity index is 702. The summed E-state index contributed by atoms with van der Waals surface area (Å²) in [5.41, 5.74) is 0.537. The molecule has 0 saturated heterocycles. The second-order valence-electron chi connectivity index (χ2n) is 5.13. The summed E-state index contributed by atoms with van der Waals surface area (Å²) in [6.45, 7) is 2.58. The van der Waals surface area contributed by atoms with Crippen LogP contribution < -0.4 is 19.5 Å². The molecule has 7 nitrogen and oxygen atoms in total. The highest BCUT2D eigenvalue weighted by molar-refractivity contribution is 5.88. The van der Waals surface area contributed by atoms with Crippen LogP contribution in [-0.4, -0.2) is 39.8 Å². The number of rotatable bonds is 9. The summed E-state index contributed by atoms with van der Waals surface area (Å²) in [5.74, 6) is 1.46. The molecule has 2 aromatic rings. The van der Waals surface area contributed by atoms with Gasteiger partial charge in [-0.15, -0.1) is 0 Å². The van der Waals surface area contributed by atoms with Crippen LogP contribution in [0.15, 0.2) is 48.5 Å². The lowest BCUT2D eigenvalue weighted by Crippen LogP contribution is -2.22. The smallest absolute Gasteiger partial charge is 0.417 e. The van der Waals surface area contributed by atoms with Crippen molar-refractivity contribution in [2.24, 2.45) is 0 Å². The number of nitrogens with one attached hydrogen (secondary N) is 1. The Morgan fingerprint density at radius 3 is 2.46 bits per heavy atom. The maximum Gasteiger partial charge on any atom is 0.417 e. The Labute approximate surface area is 152 Å². The second kappa shape index (κ2) is 10.3. The number of hydrogen-bond acceptors (Lipinski definition) is 6. The van der Waals surface area contributed by atoms with Gasteiger partial charge in [0.15, 0.2) is 6.29 Å². The minimum absolute atomic E-state index is 0.213. The van der Waals surface area contributed by atoms with Crippen LogP contribution in [0.4, 0.5) is 10.5 Å². The van der Waals surface area contributed by atoms with Crippen LogP contribution in [0, 0.1) is 0 Å². The SMILES string of the molecule is CCOc1ccccc1NC(=O)Oc1cccc(OCC(OC)OC)c1. The molecule has 1 amide bonds. The molecule has 0 unspecified atom stereocenters. The van der Waals surface area contributed by atoms with Gasteiger partial charge >= 0.3 is 6.09 Å². The number of benzene rings is 2. The minimum atomic E-state index is -0.624. The van der Waals surface area contributed by atoms with Crippen molar-refractivity contribution >= 4 is 11.8 Å². The molecule has 7 heteroatoms. The van der Waals surface area contributed by atoms with Crippen LogP contribution in [0.3, 0.4) is 0 Å². The zero-order valence-corrected chi connectivity index (χ0v) is 15.1. The molecule has 0 aliphatic heterocycles. The lowest BCUT2D eigenvalue weighted by atomic mass is 10.3. The average Bonchev–Trinajstić information content (AvgIpc) is 2.65. The molecule has 140 valence electrons. The van der Waals surface area contributed by atoms with Crippen LogP contribution in [0.25, 0.3) is 0 Å². The minimum Gasteiger partial charge on any atom is -0.492 e. The van der Waals surface area contributed by atoms with Crippen molar-refractivity contribution in [2.75, 3.05) is 32.8 Å². The molecule has 0 aliphatic rings. The fourth-order valence-electron chi connectivity index (χ4n) is 2.12. The van der Waals surface area contributed by atoms with Crippen LogP contribution >= 0.6 is 0 Å². The first-order chi connectivity index (χ1) is 12.7. The van der Waals surface area contributed by atoms with E-state index in [9.17, 15) is 4.79 Å². The predicted octanol–water partition coefficient (Wildman–Crippen LogP) is 3.69. The Kier molecular flexibility index (Phi) is 7.73. The number of para-hydroxylation sites is 2. The van der Waals surface area contributed by atoms with Crippen molar-refractivity contribution in [3.8, 4) is 17.2 Å². The quantitative estimate of drug-likeness (QED) is 0.687. The van der Waals surface area contributed by atoms with Gasteiger partial charge in [-0.3, -0.25) is 5.32 Å². The summed E-state index contributed by atoms with van der Waals surface area (Å²) in [4.78, 5) is 12.1. The van der Waals surface area contributed by atoms with Crippen molar-refractivity contribution < 1.29 is 28.5 Å². The number of amides is 1. The van der Waals surface area contributed by atoms with E-state index in [0.29, 0.717) is 29.5 Å². The molecule has 26 heavy (non-hydrogen) atoms. The van der Waals surface area contributed by atoms with Crippen LogP contribution in [0.2, 0.25) is 0 Å². The number of ether oxygens (including phenoxy) is 5. The second-order valence-corrected chi connectivity index (χ2v) is 5.13. The van der Waals surface area contributed by atoms with E-state index in [1.165, 1.54) is 14.2 Å². The molecular formula is C19H23NO6. The molecule has 0 spiro atoms. The van der Waals surface area contributed by atoms with E-state index in [-0.39, 0.29) is 6.61 Å². The molecule has 1 N–H and O–H groups in total. The first-order valence-electron chi connectivity index (χ1n) is 8.15. The van der Waals surface area contributed by atoms with Crippen molar-refractivity contribution in [3.05, 3.63) is 48.5 Å². The molecule has 0 aliphatic carbocycles. The highest BCUT2D eigenvalue weighted by Gasteiger charge is 2.11. The van der Waals surface area contributed by atoms with E-state index in [0.717, 1.165) is 0 Å². The van der Waals surface area contributed by atoms with E-state index in [1.807, 2.05) is 13.0 Å². The number of carbonyl (C=O) groups excluding carboxylic acids is 1. The summed E-state index contributed by atoms with van der Waals surface area (Å²) in [6, 6.07) is 13.9. The van der Waals surface area contributed by atoms with Gasteiger partial charge in [-0.1, -0.05) is 18.2 Å². The third kappa shape index (κ3) is 5.94. The zero-order chi connectivity index (χ0) is 18.8. The van der Waals surface area contributed by atoms with Gasteiger partial charge in [-0.25, -0.2) is 4.79 Å². The average molecular weight is 361 g/mol. The molecule has 0 heterocycles. The first-order valence-corrected chi connectivity index (χ1v) is 8.15. The van der Waals surface area contributed by atoms with Crippen molar-refractivity contribution in [1.82, 2.24) is 0 Å². The lowest BCUT2D eigenvalue weighted by molar-refractivity contribution is -0.121. The van der Waals surface area contributed by atoms with Crippen molar-refractivity contribution in [2.45, 2.75) is 13.2 Å². The highest BCUT2D eigenvalue weighted by atomic mass is 16.7. The van der Waals surface area contributed by atoms with Gasteiger partial charge in [0.1, 0.15) is 23.9 Å². The van der Waals surface area contributed by atoms with E-state index in [4.69, 9.17) is 23.7 Å². The summed E-state index contributed by atoms with van der Waals surface area (Å²) < 4.78 is 26.5. The summed E-state index contributed by atoms with van der Waals surface area (Å²) in [6.07, 6.45) is -1.10. The fourth-order valence-corrected chi connectivity index (χ4v) is 2.12. The van der Waals surface area contributed by atoms with Crippen LogP contribution in [-0.2, 0) is 9.47 Å². The van der Waals surface area contributed by atoms with Crippen molar-refractivity contribution in [3.63, 3.8) is 0 Å². The van der Waals surface area contributed by atoms with E-state index in [1.54, 1.807) is 42.5 Å². The number of carbonyl (C=O) groups is 1. The Hall–Kier alpha value is -2.77. The summed E-state index contributed by atoms with van der Waals surface area (Å²) in [5, 5.41) is 2.66. The Balaban J connectivity index is 1.96. The molecule has 2 aromatic carbocycles. The van der Waals surface area contributed by atoms with E-state index < -0.39 is 12.4 Å². The van der Waals surface area contributed by atoms with Gasteiger partial charge < -0.3 is 23.7 Å². The monoisotopic (exact) mass is 361 g/mol. The van der Waals surface area contributed by atoms with E-state index in [2.05, 4.69) is 5.32 Å². The zero-order valence-electron chi connectivity index (χ0n) is 15.1. The van der Waals surface area contributed by atoms with Crippen LogP contribution in [0.1, 0.15) is 6.92 Å². The normalized spacial score (nSPS) is 10.5. The Morgan fingerprint density at radius 2 is 1.73 bits per heavy atom. The standard InChI is InChI=1S/C19H23NO6/c1-4-24-17-11-6-5-10-16(17)20-19(21)26-15-9-7-8-14(12-15)25-13-18(22-2)23-3/h5-12,18H,4,13H2,1-3H3,(H,20,21). The third-order valence-corrected chi connectivity index (χ3v) is 3.35. The lowest BCUT2D eigenvalue weighted by Gasteiger charge is -2.15. The Morgan fingerprint density at radius 1 is 1.00 bits per heavy atom. The third-order valence-electron chi connectivity index (χ3n) is 3.35. The van der Waals surface area contributed by atoms with Crippen LogP contribution in [0.5, 0.6) is 17.2 Å². The summed E-state index contributed by atoms with van der Waals surface area (Å²) >= 11 is 0. The topological polar surface area (TPSA) is 75.3 Å². The van der Waals surface area contributed by atoms with Gasteiger partial charge in [-0.05, 0) is 31.2 Å². The maximum atomic E-state index is 12.1. The number of methoxy groups -OCH3 is 2. The molecule has 0 aromatic heterocycles. The fraction of sp³-hybridized carbons (Fsp3) is 0.316. The largest absolute Gasteiger partial charge is 0.492 e.